The maximum absolute atomic E-state index is 13.6. The first-order chi connectivity index (χ1) is 9.04. The zero-order chi connectivity index (χ0) is 14.0. The van der Waals surface area contributed by atoms with Gasteiger partial charge in [-0.15, -0.1) is 0 Å². The fourth-order valence-corrected chi connectivity index (χ4v) is 1.89. The Hall–Kier alpha value is -2.74. The van der Waals surface area contributed by atoms with Crippen LogP contribution < -0.4 is 0 Å². The van der Waals surface area contributed by atoms with Gasteiger partial charge >= 0.3 is 5.69 Å². The van der Waals surface area contributed by atoms with E-state index in [4.69, 9.17) is 5.26 Å². The number of rotatable bonds is 2. The summed E-state index contributed by atoms with van der Waals surface area (Å²) in [5.41, 5.74) is 1.86. The first-order valence-electron chi connectivity index (χ1n) is 5.48. The van der Waals surface area contributed by atoms with E-state index < -0.39 is 16.4 Å². The standard InChI is InChI=1S/C14H9FN2O2/c1-9-11(8-16)3-2-4-12(9)10-5-6-14(17(18)19)13(15)7-10/h2-7H,1H3. The maximum Gasteiger partial charge on any atom is 0.304 e. The van der Waals surface area contributed by atoms with Gasteiger partial charge in [0.2, 0.25) is 5.82 Å². The predicted molar refractivity (Wildman–Crippen MR) is 67.9 cm³/mol. The van der Waals surface area contributed by atoms with Crippen LogP contribution in [0.3, 0.4) is 0 Å². The number of nitro benzene ring substituents is 1. The summed E-state index contributed by atoms with van der Waals surface area (Å²) >= 11 is 0. The van der Waals surface area contributed by atoms with Crippen LogP contribution in [0.2, 0.25) is 0 Å². The van der Waals surface area contributed by atoms with Gasteiger partial charge in [0.25, 0.3) is 0 Å². The van der Waals surface area contributed by atoms with E-state index in [1.54, 1.807) is 25.1 Å². The van der Waals surface area contributed by atoms with Gasteiger partial charge in [-0.2, -0.15) is 9.65 Å². The fourth-order valence-electron chi connectivity index (χ4n) is 1.89. The molecule has 0 heterocycles. The summed E-state index contributed by atoms with van der Waals surface area (Å²) < 4.78 is 13.6. The monoisotopic (exact) mass is 256 g/mol. The molecular formula is C14H9FN2O2. The molecule has 0 aliphatic carbocycles. The molecule has 0 N–H and O–H groups in total. The second kappa shape index (κ2) is 4.86. The number of hydrogen-bond acceptors (Lipinski definition) is 3. The Morgan fingerprint density at radius 3 is 2.63 bits per heavy atom. The van der Waals surface area contributed by atoms with Gasteiger partial charge in [0.1, 0.15) is 0 Å². The second-order valence-electron chi connectivity index (χ2n) is 4.01. The van der Waals surface area contributed by atoms with Gasteiger partial charge in [-0.25, -0.2) is 0 Å². The highest BCUT2D eigenvalue weighted by Crippen LogP contribution is 2.29. The average Bonchev–Trinajstić information content (AvgIpc) is 2.38. The Morgan fingerprint density at radius 1 is 1.32 bits per heavy atom. The number of nitro groups is 1. The molecule has 5 heteroatoms. The molecule has 0 fully saturated rings. The van der Waals surface area contributed by atoms with Gasteiger partial charge in [0.15, 0.2) is 0 Å². The van der Waals surface area contributed by atoms with Gasteiger partial charge in [-0.05, 0) is 41.8 Å². The summed E-state index contributed by atoms with van der Waals surface area (Å²) in [6, 6.07) is 10.9. The molecular weight excluding hydrogens is 247 g/mol. The van der Waals surface area contributed by atoms with Crippen LogP contribution in [0.4, 0.5) is 10.1 Å². The Labute approximate surface area is 108 Å². The largest absolute Gasteiger partial charge is 0.304 e. The molecule has 4 nitrogen and oxygen atoms in total. The van der Waals surface area contributed by atoms with Crippen LogP contribution in [-0.4, -0.2) is 4.92 Å². The molecule has 0 aliphatic heterocycles. The highest BCUT2D eigenvalue weighted by molar-refractivity contribution is 5.70. The van der Waals surface area contributed by atoms with Crippen LogP contribution in [0.25, 0.3) is 11.1 Å². The molecule has 2 aromatic carbocycles. The lowest BCUT2D eigenvalue weighted by Gasteiger charge is -2.07. The van der Waals surface area contributed by atoms with Crippen LogP contribution in [0, 0.1) is 34.2 Å². The molecule has 0 aromatic heterocycles. The molecule has 0 bridgehead atoms. The molecule has 0 saturated heterocycles. The summed E-state index contributed by atoms with van der Waals surface area (Å²) in [6.45, 7) is 1.76. The minimum Gasteiger partial charge on any atom is -0.258 e. The molecule has 2 aromatic rings. The lowest BCUT2D eigenvalue weighted by atomic mass is 9.97. The van der Waals surface area contributed by atoms with E-state index in [9.17, 15) is 14.5 Å². The molecule has 0 radical (unpaired) electrons. The highest BCUT2D eigenvalue weighted by atomic mass is 19.1. The van der Waals surface area contributed by atoms with E-state index in [1.807, 2.05) is 6.07 Å². The van der Waals surface area contributed by atoms with Crippen LogP contribution in [0.5, 0.6) is 0 Å². The minimum atomic E-state index is -0.885. The van der Waals surface area contributed by atoms with Crippen LogP contribution in [0.1, 0.15) is 11.1 Å². The molecule has 0 unspecified atom stereocenters. The van der Waals surface area contributed by atoms with Crippen molar-refractivity contribution in [3.63, 3.8) is 0 Å². The highest BCUT2D eigenvalue weighted by Gasteiger charge is 2.15. The summed E-state index contributed by atoms with van der Waals surface area (Å²) in [4.78, 5) is 9.79. The van der Waals surface area contributed by atoms with Gasteiger partial charge < -0.3 is 0 Å². The summed E-state index contributed by atoms with van der Waals surface area (Å²) in [6.07, 6.45) is 0. The van der Waals surface area contributed by atoms with Gasteiger partial charge in [0.05, 0.1) is 16.6 Å². The third-order valence-electron chi connectivity index (χ3n) is 2.91. The predicted octanol–water partition coefficient (Wildman–Crippen LogP) is 3.58. The van der Waals surface area contributed by atoms with Crippen molar-refractivity contribution in [1.29, 1.82) is 5.26 Å². The number of nitriles is 1. The van der Waals surface area contributed by atoms with E-state index >= 15 is 0 Å². The fraction of sp³-hybridized carbons (Fsp3) is 0.0714. The maximum atomic E-state index is 13.6. The van der Waals surface area contributed by atoms with E-state index in [-0.39, 0.29) is 0 Å². The van der Waals surface area contributed by atoms with Crippen LogP contribution in [0.15, 0.2) is 36.4 Å². The molecule has 0 aliphatic rings. The van der Waals surface area contributed by atoms with Crippen molar-refractivity contribution in [2.75, 3.05) is 0 Å². The van der Waals surface area contributed by atoms with E-state index in [0.717, 1.165) is 17.7 Å². The first kappa shape index (κ1) is 12.7. The summed E-state index contributed by atoms with van der Waals surface area (Å²) in [5.74, 6) is -0.885. The van der Waals surface area contributed by atoms with Crippen LogP contribution in [-0.2, 0) is 0 Å². The van der Waals surface area contributed by atoms with E-state index in [1.165, 1.54) is 6.07 Å². The van der Waals surface area contributed by atoms with Crippen molar-refractivity contribution in [2.45, 2.75) is 6.92 Å². The molecule has 0 amide bonds. The lowest BCUT2D eigenvalue weighted by Crippen LogP contribution is -1.94. The molecule has 0 spiro atoms. The third-order valence-corrected chi connectivity index (χ3v) is 2.91. The smallest absolute Gasteiger partial charge is 0.258 e. The Morgan fingerprint density at radius 2 is 2.05 bits per heavy atom. The zero-order valence-corrected chi connectivity index (χ0v) is 10.1. The third kappa shape index (κ3) is 2.29. The molecule has 19 heavy (non-hydrogen) atoms. The minimum absolute atomic E-state index is 0.497. The molecule has 0 atom stereocenters. The van der Waals surface area contributed by atoms with Crippen LogP contribution >= 0.6 is 0 Å². The zero-order valence-electron chi connectivity index (χ0n) is 10.1. The van der Waals surface area contributed by atoms with E-state index in [2.05, 4.69) is 0 Å². The van der Waals surface area contributed by atoms with E-state index in [0.29, 0.717) is 16.7 Å². The average molecular weight is 256 g/mol. The molecule has 2 rings (SSSR count). The number of nitrogens with zero attached hydrogens (tertiary/aromatic N) is 2. The number of halogens is 1. The van der Waals surface area contributed by atoms with Crippen molar-refractivity contribution < 1.29 is 9.31 Å². The van der Waals surface area contributed by atoms with Crippen molar-refractivity contribution in [2.24, 2.45) is 0 Å². The second-order valence-corrected chi connectivity index (χ2v) is 4.01. The molecule has 94 valence electrons. The molecule has 0 saturated carbocycles. The number of benzene rings is 2. The quantitative estimate of drug-likeness (QED) is 0.609. The number of hydrogen-bond donors (Lipinski definition) is 0. The summed E-state index contributed by atoms with van der Waals surface area (Å²) in [7, 11) is 0. The SMILES string of the molecule is Cc1c(C#N)cccc1-c1ccc([N+](=O)[O-])c(F)c1. The van der Waals surface area contributed by atoms with Crippen molar-refractivity contribution in [3.8, 4) is 17.2 Å². The van der Waals surface area contributed by atoms with Gasteiger partial charge in [0, 0.05) is 6.07 Å². The van der Waals surface area contributed by atoms with Gasteiger partial charge in [-0.3, -0.25) is 10.1 Å². The first-order valence-corrected chi connectivity index (χ1v) is 5.48. The Bertz CT molecular complexity index is 705. The van der Waals surface area contributed by atoms with Crippen molar-refractivity contribution in [3.05, 3.63) is 63.5 Å². The Kier molecular flexibility index (Phi) is 3.25. The van der Waals surface area contributed by atoms with Crippen molar-refractivity contribution >= 4 is 5.69 Å². The normalized spacial score (nSPS) is 9.95. The summed E-state index contributed by atoms with van der Waals surface area (Å²) in [5, 5.41) is 19.5. The topological polar surface area (TPSA) is 66.9 Å². The van der Waals surface area contributed by atoms with Crippen molar-refractivity contribution in [1.82, 2.24) is 0 Å². The van der Waals surface area contributed by atoms with Gasteiger partial charge in [-0.1, -0.05) is 12.1 Å². The lowest BCUT2D eigenvalue weighted by molar-refractivity contribution is -0.387. The Balaban J connectivity index is 2.58.